The van der Waals surface area contributed by atoms with Crippen LogP contribution < -0.4 is 4.74 Å². The molecule has 0 radical (unpaired) electrons. The van der Waals surface area contributed by atoms with Crippen molar-refractivity contribution in [3.05, 3.63) is 115 Å². The highest BCUT2D eigenvalue weighted by atomic mass is 16.5. The number of aliphatic hydroxyl groups excluding tert-OH is 3. The van der Waals surface area contributed by atoms with Crippen LogP contribution in [0.4, 0.5) is 0 Å². The van der Waals surface area contributed by atoms with E-state index in [1.807, 2.05) is 60.7 Å². The standard InChI is InChI=1S/C29H36O4/c1-5-11-22-15-9-17-26(24(22)13-7-3)28(29(19-30,20-31)21-32)33-27-18-10-16-23(12-6-2)25(27)14-8-4/h5-10,15-18,28,30-32H,1-4,11-14,19-21H2. The van der Waals surface area contributed by atoms with E-state index < -0.39 is 31.3 Å². The Hall–Kier alpha value is -2.92. The highest BCUT2D eigenvalue weighted by Crippen LogP contribution is 2.41. The van der Waals surface area contributed by atoms with Gasteiger partial charge in [0, 0.05) is 5.56 Å². The molecule has 0 bridgehead atoms. The minimum atomic E-state index is -1.30. The Labute approximate surface area is 197 Å². The quantitative estimate of drug-likeness (QED) is 0.346. The monoisotopic (exact) mass is 448 g/mol. The van der Waals surface area contributed by atoms with Gasteiger partial charge in [0.15, 0.2) is 0 Å². The molecule has 0 aliphatic heterocycles. The van der Waals surface area contributed by atoms with Crippen molar-refractivity contribution in [3.8, 4) is 5.75 Å². The van der Waals surface area contributed by atoms with E-state index in [1.54, 1.807) is 0 Å². The first kappa shape index (κ1) is 26.3. The molecule has 176 valence electrons. The van der Waals surface area contributed by atoms with Gasteiger partial charge in [-0.25, -0.2) is 0 Å². The van der Waals surface area contributed by atoms with E-state index in [0.717, 1.165) is 27.8 Å². The summed E-state index contributed by atoms with van der Waals surface area (Å²) in [4.78, 5) is 0. The van der Waals surface area contributed by atoms with Crippen LogP contribution in [0.15, 0.2) is 87.0 Å². The van der Waals surface area contributed by atoms with Crippen LogP contribution in [-0.4, -0.2) is 35.1 Å². The Balaban J connectivity index is 2.76. The lowest BCUT2D eigenvalue weighted by Gasteiger charge is -2.38. The van der Waals surface area contributed by atoms with Crippen molar-refractivity contribution in [2.45, 2.75) is 31.8 Å². The van der Waals surface area contributed by atoms with Crippen LogP contribution in [0.1, 0.15) is 33.9 Å². The highest BCUT2D eigenvalue weighted by Gasteiger charge is 2.42. The first-order valence-corrected chi connectivity index (χ1v) is 11.2. The maximum Gasteiger partial charge on any atom is 0.136 e. The van der Waals surface area contributed by atoms with Crippen molar-refractivity contribution in [1.29, 1.82) is 0 Å². The molecule has 0 aliphatic carbocycles. The molecule has 33 heavy (non-hydrogen) atoms. The highest BCUT2D eigenvalue weighted by molar-refractivity contribution is 5.45. The molecule has 1 unspecified atom stereocenters. The smallest absolute Gasteiger partial charge is 0.136 e. The van der Waals surface area contributed by atoms with Gasteiger partial charge in [-0.3, -0.25) is 0 Å². The summed E-state index contributed by atoms with van der Waals surface area (Å²) >= 11 is 0. The molecule has 4 nitrogen and oxygen atoms in total. The predicted molar refractivity (Wildman–Crippen MR) is 136 cm³/mol. The van der Waals surface area contributed by atoms with Crippen LogP contribution in [0.3, 0.4) is 0 Å². The number of hydrogen-bond donors (Lipinski definition) is 3. The van der Waals surface area contributed by atoms with Crippen molar-refractivity contribution in [1.82, 2.24) is 0 Å². The Morgan fingerprint density at radius 1 is 0.697 bits per heavy atom. The largest absolute Gasteiger partial charge is 0.485 e. The van der Waals surface area contributed by atoms with E-state index in [9.17, 15) is 15.3 Å². The summed E-state index contributed by atoms with van der Waals surface area (Å²) in [7, 11) is 0. The summed E-state index contributed by atoms with van der Waals surface area (Å²) in [6.07, 6.45) is 8.99. The molecule has 0 saturated carbocycles. The Kier molecular flexibility index (Phi) is 10.3. The lowest BCUT2D eigenvalue weighted by molar-refractivity contribution is -0.0747. The van der Waals surface area contributed by atoms with E-state index in [1.165, 1.54) is 0 Å². The van der Waals surface area contributed by atoms with Crippen LogP contribution >= 0.6 is 0 Å². The van der Waals surface area contributed by atoms with Crippen molar-refractivity contribution in [3.63, 3.8) is 0 Å². The molecular formula is C29H36O4. The topological polar surface area (TPSA) is 69.9 Å². The molecule has 1 atom stereocenters. The lowest BCUT2D eigenvalue weighted by atomic mass is 9.77. The molecule has 2 aromatic rings. The van der Waals surface area contributed by atoms with Crippen molar-refractivity contribution in [2.75, 3.05) is 19.8 Å². The molecule has 0 spiro atoms. The summed E-state index contributed by atoms with van der Waals surface area (Å²) in [6, 6.07) is 11.7. The normalized spacial score (nSPS) is 12.1. The van der Waals surface area contributed by atoms with Crippen LogP contribution in [0, 0.1) is 5.41 Å². The van der Waals surface area contributed by atoms with Gasteiger partial charge >= 0.3 is 0 Å². The van der Waals surface area contributed by atoms with Gasteiger partial charge in [0.25, 0.3) is 0 Å². The zero-order valence-electron chi connectivity index (χ0n) is 19.4. The first-order chi connectivity index (χ1) is 16.0. The van der Waals surface area contributed by atoms with Crippen LogP contribution in [-0.2, 0) is 25.7 Å². The number of hydrogen-bond acceptors (Lipinski definition) is 4. The summed E-state index contributed by atoms with van der Waals surface area (Å²) in [5, 5.41) is 31.0. The maximum absolute atomic E-state index is 10.3. The van der Waals surface area contributed by atoms with Gasteiger partial charge in [0.1, 0.15) is 11.9 Å². The molecule has 4 heteroatoms. The van der Waals surface area contributed by atoms with E-state index in [-0.39, 0.29) is 0 Å². The Morgan fingerprint density at radius 2 is 1.18 bits per heavy atom. The van der Waals surface area contributed by atoms with Crippen LogP contribution in [0.25, 0.3) is 0 Å². The number of ether oxygens (including phenoxy) is 1. The molecule has 0 aliphatic rings. The summed E-state index contributed by atoms with van der Waals surface area (Å²) in [5.74, 6) is 0.623. The van der Waals surface area contributed by atoms with Crippen molar-refractivity contribution >= 4 is 0 Å². The number of rotatable bonds is 15. The zero-order chi connectivity index (χ0) is 24.3. The third-order valence-corrected chi connectivity index (χ3v) is 5.99. The number of benzene rings is 2. The summed E-state index contributed by atoms with van der Waals surface area (Å²) in [5.41, 5.74) is 3.58. The third-order valence-electron chi connectivity index (χ3n) is 5.99. The van der Waals surface area contributed by atoms with Crippen LogP contribution in [0.2, 0.25) is 0 Å². The fourth-order valence-electron chi connectivity index (χ4n) is 4.13. The Bertz CT molecular complexity index is 948. The third kappa shape index (κ3) is 5.91. The van der Waals surface area contributed by atoms with Gasteiger partial charge < -0.3 is 20.1 Å². The lowest BCUT2D eigenvalue weighted by Crippen LogP contribution is -2.43. The maximum atomic E-state index is 10.3. The second-order valence-electron chi connectivity index (χ2n) is 8.18. The molecule has 0 aromatic heterocycles. The zero-order valence-corrected chi connectivity index (χ0v) is 19.4. The van der Waals surface area contributed by atoms with E-state index in [0.29, 0.717) is 31.4 Å². The van der Waals surface area contributed by atoms with Gasteiger partial charge in [-0.05, 0) is 54.0 Å². The van der Waals surface area contributed by atoms with Gasteiger partial charge in [-0.1, -0.05) is 54.6 Å². The molecule has 0 fully saturated rings. The van der Waals surface area contributed by atoms with Crippen molar-refractivity contribution < 1.29 is 20.1 Å². The SMILES string of the molecule is C=CCc1cccc(OC(c2cccc(CC=C)c2CC=C)C(CO)(CO)CO)c1CC=C. The minimum absolute atomic E-state index is 0.451. The number of allylic oxidation sites excluding steroid dienone is 4. The second kappa shape index (κ2) is 12.9. The summed E-state index contributed by atoms with van der Waals surface area (Å²) < 4.78 is 6.61. The molecule has 2 aromatic carbocycles. The van der Waals surface area contributed by atoms with Crippen LogP contribution in [0.5, 0.6) is 5.75 Å². The van der Waals surface area contributed by atoms with E-state index >= 15 is 0 Å². The average Bonchev–Trinajstić information content (AvgIpc) is 2.83. The summed E-state index contributed by atoms with van der Waals surface area (Å²) in [6.45, 7) is 14.1. The molecule has 0 heterocycles. The van der Waals surface area contributed by atoms with Gasteiger partial charge in [-0.15, -0.1) is 26.3 Å². The van der Waals surface area contributed by atoms with Gasteiger partial charge in [-0.2, -0.15) is 0 Å². The fourth-order valence-corrected chi connectivity index (χ4v) is 4.13. The second-order valence-corrected chi connectivity index (χ2v) is 8.18. The fraction of sp³-hybridized carbons (Fsp3) is 0.310. The molecular weight excluding hydrogens is 412 g/mol. The molecule has 3 N–H and O–H groups in total. The molecule has 0 amide bonds. The number of aliphatic hydroxyl groups is 3. The van der Waals surface area contributed by atoms with E-state index in [2.05, 4.69) is 26.3 Å². The molecule has 0 saturated heterocycles. The van der Waals surface area contributed by atoms with Gasteiger partial charge in [0.05, 0.1) is 25.2 Å². The first-order valence-electron chi connectivity index (χ1n) is 11.2. The van der Waals surface area contributed by atoms with Gasteiger partial charge in [0.2, 0.25) is 0 Å². The molecule has 2 rings (SSSR count). The van der Waals surface area contributed by atoms with Crippen molar-refractivity contribution in [2.24, 2.45) is 5.41 Å². The Morgan fingerprint density at radius 3 is 1.70 bits per heavy atom. The minimum Gasteiger partial charge on any atom is -0.485 e. The van der Waals surface area contributed by atoms with E-state index in [4.69, 9.17) is 4.74 Å². The average molecular weight is 449 g/mol. The predicted octanol–water partition coefficient (Wildman–Crippen LogP) is 4.68.